The summed E-state index contributed by atoms with van der Waals surface area (Å²) in [7, 11) is 0. The Morgan fingerprint density at radius 1 is 1.23 bits per heavy atom. The fraction of sp³-hybridized carbons (Fsp3) is 0.333. The molecule has 0 radical (unpaired) electrons. The number of benzene rings is 1. The first-order chi connectivity index (χ1) is 5.97. The van der Waals surface area contributed by atoms with Gasteiger partial charge in [0.15, 0.2) is 0 Å². The topological polar surface area (TPSA) is 0 Å². The van der Waals surface area contributed by atoms with Crippen LogP contribution in [-0.2, 0) is 0 Å². The van der Waals surface area contributed by atoms with Gasteiger partial charge in [-0.05, 0) is 23.1 Å². The molecule has 0 unspecified atom stereocenters. The van der Waals surface area contributed by atoms with Gasteiger partial charge in [-0.3, -0.25) is 0 Å². The van der Waals surface area contributed by atoms with Crippen LogP contribution in [0.4, 0.5) is 4.39 Å². The van der Waals surface area contributed by atoms with E-state index in [0.29, 0.717) is 0 Å². The lowest BCUT2D eigenvalue weighted by molar-refractivity contribution is 0.547. The Balaban J connectivity index is 2.80. The molecular formula is C12H15F. The molecule has 0 saturated heterocycles. The van der Waals surface area contributed by atoms with Crippen molar-refractivity contribution >= 4 is 6.08 Å². The van der Waals surface area contributed by atoms with E-state index in [-0.39, 0.29) is 11.2 Å². The second-order valence-electron chi connectivity index (χ2n) is 4.25. The van der Waals surface area contributed by atoms with Gasteiger partial charge in [0.2, 0.25) is 0 Å². The van der Waals surface area contributed by atoms with Gasteiger partial charge in [0.25, 0.3) is 0 Å². The van der Waals surface area contributed by atoms with Crippen molar-refractivity contribution in [1.82, 2.24) is 0 Å². The molecule has 1 aromatic carbocycles. The molecule has 1 rings (SSSR count). The molecule has 1 aromatic rings. The molecule has 0 aliphatic carbocycles. The van der Waals surface area contributed by atoms with Crippen LogP contribution in [-0.4, -0.2) is 0 Å². The van der Waals surface area contributed by atoms with Crippen LogP contribution in [0.2, 0.25) is 0 Å². The molecule has 0 aliphatic rings. The third-order valence-electron chi connectivity index (χ3n) is 1.62. The van der Waals surface area contributed by atoms with Gasteiger partial charge in [0.05, 0.1) is 0 Å². The molecule has 70 valence electrons. The largest absolute Gasteiger partial charge is 0.207 e. The predicted octanol–water partition coefficient (Wildman–Crippen LogP) is 3.89. The fourth-order valence-electron chi connectivity index (χ4n) is 0.956. The molecular weight excluding hydrogens is 163 g/mol. The summed E-state index contributed by atoms with van der Waals surface area (Å²) in [6, 6.07) is 6.60. The highest BCUT2D eigenvalue weighted by Gasteiger charge is 2.03. The highest BCUT2D eigenvalue weighted by Crippen LogP contribution is 2.17. The molecule has 0 aromatic heterocycles. The van der Waals surface area contributed by atoms with Gasteiger partial charge in [0, 0.05) is 0 Å². The summed E-state index contributed by atoms with van der Waals surface area (Å²) in [5.41, 5.74) is 1.06. The zero-order chi connectivity index (χ0) is 9.90. The summed E-state index contributed by atoms with van der Waals surface area (Å²) in [4.78, 5) is 0. The SMILES string of the molecule is CC(C)(C)/C=C/c1cccc(F)c1. The van der Waals surface area contributed by atoms with Crippen molar-refractivity contribution < 1.29 is 4.39 Å². The van der Waals surface area contributed by atoms with Crippen LogP contribution >= 0.6 is 0 Å². The van der Waals surface area contributed by atoms with Crippen LogP contribution in [0.25, 0.3) is 6.08 Å². The van der Waals surface area contributed by atoms with Crippen LogP contribution in [0, 0.1) is 11.2 Å². The first-order valence-electron chi connectivity index (χ1n) is 4.42. The van der Waals surface area contributed by atoms with Crippen LogP contribution in [0.15, 0.2) is 30.3 Å². The number of rotatable bonds is 1. The highest BCUT2D eigenvalue weighted by atomic mass is 19.1. The molecule has 0 N–H and O–H groups in total. The number of halogens is 1. The van der Waals surface area contributed by atoms with Gasteiger partial charge in [0.1, 0.15) is 5.82 Å². The van der Waals surface area contributed by atoms with Crippen molar-refractivity contribution in [3.63, 3.8) is 0 Å². The molecule has 0 heterocycles. The normalized spacial score (nSPS) is 12.3. The van der Waals surface area contributed by atoms with Gasteiger partial charge < -0.3 is 0 Å². The van der Waals surface area contributed by atoms with E-state index in [1.165, 1.54) is 12.1 Å². The molecule has 1 heteroatoms. The van der Waals surface area contributed by atoms with Gasteiger partial charge in [-0.1, -0.05) is 45.1 Å². The summed E-state index contributed by atoms with van der Waals surface area (Å²) in [5.74, 6) is -0.184. The Kier molecular flexibility index (Phi) is 2.86. The number of hydrogen-bond donors (Lipinski definition) is 0. The van der Waals surface area contributed by atoms with Gasteiger partial charge in [-0.25, -0.2) is 4.39 Å². The smallest absolute Gasteiger partial charge is 0.123 e. The first-order valence-corrected chi connectivity index (χ1v) is 4.42. The summed E-state index contributed by atoms with van der Waals surface area (Å²) < 4.78 is 12.8. The van der Waals surface area contributed by atoms with E-state index in [1.54, 1.807) is 6.07 Å². The Bertz CT molecular complexity index is 305. The summed E-state index contributed by atoms with van der Waals surface area (Å²) in [6.45, 7) is 6.34. The van der Waals surface area contributed by atoms with E-state index in [1.807, 2.05) is 12.1 Å². The van der Waals surface area contributed by atoms with E-state index in [9.17, 15) is 4.39 Å². The van der Waals surface area contributed by atoms with Crippen molar-refractivity contribution in [2.45, 2.75) is 20.8 Å². The molecule has 0 amide bonds. The molecule has 0 bridgehead atoms. The molecule has 0 atom stereocenters. The zero-order valence-electron chi connectivity index (χ0n) is 8.34. The quantitative estimate of drug-likeness (QED) is 0.612. The maximum atomic E-state index is 12.8. The monoisotopic (exact) mass is 178 g/mol. The lowest BCUT2D eigenvalue weighted by atomic mass is 9.95. The predicted molar refractivity (Wildman–Crippen MR) is 54.9 cm³/mol. The third-order valence-corrected chi connectivity index (χ3v) is 1.62. The van der Waals surface area contributed by atoms with Crippen LogP contribution in [0.1, 0.15) is 26.3 Å². The lowest BCUT2D eigenvalue weighted by Crippen LogP contribution is -1.97. The highest BCUT2D eigenvalue weighted by molar-refractivity contribution is 5.49. The van der Waals surface area contributed by atoms with E-state index in [2.05, 4.69) is 26.8 Å². The summed E-state index contributed by atoms with van der Waals surface area (Å²) >= 11 is 0. The maximum absolute atomic E-state index is 12.8. The number of allylic oxidation sites excluding steroid dienone is 1. The van der Waals surface area contributed by atoms with Gasteiger partial charge >= 0.3 is 0 Å². The van der Waals surface area contributed by atoms with Crippen molar-refractivity contribution in [2.24, 2.45) is 5.41 Å². The average molecular weight is 178 g/mol. The maximum Gasteiger partial charge on any atom is 0.123 e. The van der Waals surface area contributed by atoms with E-state index >= 15 is 0 Å². The van der Waals surface area contributed by atoms with Gasteiger partial charge in [-0.15, -0.1) is 0 Å². The molecule has 13 heavy (non-hydrogen) atoms. The van der Waals surface area contributed by atoms with Crippen LogP contribution in [0.3, 0.4) is 0 Å². The van der Waals surface area contributed by atoms with Crippen molar-refractivity contribution in [3.05, 3.63) is 41.7 Å². The van der Waals surface area contributed by atoms with Crippen LogP contribution < -0.4 is 0 Å². The van der Waals surface area contributed by atoms with Crippen molar-refractivity contribution in [1.29, 1.82) is 0 Å². The standard InChI is InChI=1S/C12H15F/c1-12(2,3)8-7-10-5-4-6-11(13)9-10/h4-9H,1-3H3/b8-7+. The van der Waals surface area contributed by atoms with E-state index in [0.717, 1.165) is 5.56 Å². The van der Waals surface area contributed by atoms with Gasteiger partial charge in [-0.2, -0.15) is 0 Å². The van der Waals surface area contributed by atoms with E-state index in [4.69, 9.17) is 0 Å². The zero-order valence-corrected chi connectivity index (χ0v) is 8.34. The third kappa shape index (κ3) is 3.88. The molecule has 0 aliphatic heterocycles. The van der Waals surface area contributed by atoms with Crippen molar-refractivity contribution in [3.8, 4) is 0 Å². The molecule has 0 spiro atoms. The summed E-state index contributed by atoms with van der Waals surface area (Å²) in [6.07, 6.45) is 4.02. The first kappa shape index (κ1) is 9.97. The minimum atomic E-state index is -0.184. The molecule has 0 fully saturated rings. The number of hydrogen-bond acceptors (Lipinski definition) is 0. The average Bonchev–Trinajstić information content (AvgIpc) is 2.00. The second kappa shape index (κ2) is 3.73. The Labute approximate surface area is 79.1 Å². The molecule has 0 saturated carbocycles. The Morgan fingerprint density at radius 2 is 1.92 bits per heavy atom. The van der Waals surface area contributed by atoms with Crippen molar-refractivity contribution in [2.75, 3.05) is 0 Å². The Hall–Kier alpha value is -1.11. The fourth-order valence-corrected chi connectivity index (χ4v) is 0.956. The molecule has 0 nitrogen and oxygen atoms in total. The minimum absolute atomic E-state index is 0.145. The minimum Gasteiger partial charge on any atom is -0.207 e. The van der Waals surface area contributed by atoms with E-state index < -0.39 is 0 Å². The second-order valence-corrected chi connectivity index (χ2v) is 4.25. The van der Waals surface area contributed by atoms with Crippen LogP contribution in [0.5, 0.6) is 0 Å². The summed E-state index contributed by atoms with van der Waals surface area (Å²) in [5, 5.41) is 0. The lowest BCUT2D eigenvalue weighted by Gasteiger charge is -2.10. The Morgan fingerprint density at radius 3 is 2.46 bits per heavy atom.